The summed E-state index contributed by atoms with van der Waals surface area (Å²) in [5.41, 5.74) is 5.62. The van der Waals surface area contributed by atoms with Gasteiger partial charge in [-0.25, -0.2) is 0 Å². The highest BCUT2D eigenvalue weighted by atomic mass is 32.1. The van der Waals surface area contributed by atoms with Crippen LogP contribution < -0.4 is 5.73 Å². The molecule has 0 atom stereocenters. The summed E-state index contributed by atoms with van der Waals surface area (Å²) in [6, 6.07) is 0. The van der Waals surface area contributed by atoms with Crippen molar-refractivity contribution >= 4 is 17.7 Å². The van der Waals surface area contributed by atoms with Crippen molar-refractivity contribution < 1.29 is 5.11 Å². The van der Waals surface area contributed by atoms with Gasteiger partial charge >= 0.3 is 0 Å². The molecule has 0 aromatic heterocycles. The van der Waals surface area contributed by atoms with Crippen molar-refractivity contribution in [2.75, 3.05) is 26.7 Å². The van der Waals surface area contributed by atoms with Gasteiger partial charge in [0.2, 0.25) is 0 Å². The van der Waals surface area contributed by atoms with Crippen LogP contribution >= 0.6 is 12.2 Å². The van der Waals surface area contributed by atoms with E-state index in [1.54, 1.807) is 0 Å². The fraction of sp³-hybridized carbons (Fsp3) is 0.889. The molecule has 13 heavy (non-hydrogen) atoms. The average Bonchev–Trinajstić information content (AvgIpc) is 2.11. The van der Waals surface area contributed by atoms with Crippen LogP contribution in [0.4, 0.5) is 0 Å². The molecular weight excluding hydrogens is 184 g/mol. The van der Waals surface area contributed by atoms with Crippen LogP contribution in [-0.4, -0.2) is 42.2 Å². The van der Waals surface area contributed by atoms with Crippen LogP contribution in [0.5, 0.6) is 0 Å². The molecule has 1 rings (SSSR count). The molecule has 3 N–H and O–H groups in total. The first kappa shape index (κ1) is 12.8. The van der Waals surface area contributed by atoms with Gasteiger partial charge in [0, 0.05) is 6.61 Å². The summed E-state index contributed by atoms with van der Waals surface area (Å²) in [5.74, 6) is 0.793. The van der Waals surface area contributed by atoms with Gasteiger partial charge in [-0.3, -0.25) is 0 Å². The molecule has 1 heterocycles. The number of nitrogens with zero attached hydrogens (tertiary/aromatic N) is 1. The predicted octanol–water partition coefficient (Wildman–Crippen LogP) is 0.613. The predicted molar refractivity (Wildman–Crippen MR) is 59.8 cm³/mol. The summed E-state index contributed by atoms with van der Waals surface area (Å²) < 4.78 is 0. The number of nitrogens with two attached hydrogens (primary N) is 1. The Bertz CT molecular complexity index is 125. The van der Waals surface area contributed by atoms with Crippen molar-refractivity contribution in [3.8, 4) is 0 Å². The maximum absolute atomic E-state index is 8.67. The second kappa shape index (κ2) is 8.41. The molecule has 1 saturated heterocycles. The zero-order chi connectivity index (χ0) is 10.1. The zero-order valence-corrected chi connectivity index (χ0v) is 9.09. The molecule has 3 nitrogen and oxygen atoms in total. The monoisotopic (exact) mass is 204 g/mol. The number of hydrogen-bond acceptors (Lipinski definition) is 3. The lowest BCUT2D eigenvalue weighted by molar-refractivity contribution is 0.180. The number of piperidine rings is 1. The van der Waals surface area contributed by atoms with Crippen LogP contribution in [0.15, 0.2) is 0 Å². The molecule has 0 radical (unpaired) electrons. The standard InChI is InChI=1S/C8H17NO.CH3NS/c1-9-5-2-8(3-6-9)4-7-10;2-1-3/h8,10H,2-7H2,1H3;1H,(H2,2,3). The second-order valence-electron chi connectivity index (χ2n) is 3.40. The molecule has 0 aromatic carbocycles. The minimum Gasteiger partial charge on any atom is -0.396 e. The normalized spacial score (nSPS) is 18.9. The molecule has 78 valence electrons. The van der Waals surface area contributed by atoms with Crippen molar-refractivity contribution in [1.82, 2.24) is 4.90 Å². The summed E-state index contributed by atoms with van der Waals surface area (Å²) in [6.07, 6.45) is 3.56. The fourth-order valence-corrected chi connectivity index (χ4v) is 1.53. The number of thiocarbonyl (C=S) groups is 1. The van der Waals surface area contributed by atoms with E-state index < -0.39 is 0 Å². The van der Waals surface area contributed by atoms with E-state index in [0.717, 1.165) is 17.8 Å². The van der Waals surface area contributed by atoms with Gasteiger partial charge in [-0.2, -0.15) is 0 Å². The lowest BCUT2D eigenvalue weighted by Crippen LogP contribution is -2.30. The van der Waals surface area contributed by atoms with Gasteiger partial charge in [0.15, 0.2) is 0 Å². The molecule has 0 unspecified atom stereocenters. The molecule has 4 heteroatoms. The van der Waals surface area contributed by atoms with Crippen molar-refractivity contribution in [3.63, 3.8) is 0 Å². The van der Waals surface area contributed by atoms with E-state index in [9.17, 15) is 0 Å². The van der Waals surface area contributed by atoms with Gasteiger partial charge in [-0.05, 0) is 45.3 Å². The number of hydrogen-bond donors (Lipinski definition) is 2. The summed E-state index contributed by atoms with van der Waals surface area (Å²) >= 11 is 4.05. The molecule has 1 aliphatic heterocycles. The van der Waals surface area contributed by atoms with Gasteiger partial charge in [0.25, 0.3) is 0 Å². The summed E-state index contributed by atoms with van der Waals surface area (Å²) in [7, 11) is 2.16. The third kappa shape index (κ3) is 6.93. The van der Waals surface area contributed by atoms with Gasteiger partial charge in [0.1, 0.15) is 0 Å². The summed E-state index contributed by atoms with van der Waals surface area (Å²) in [4.78, 5) is 2.36. The van der Waals surface area contributed by atoms with Crippen molar-refractivity contribution in [2.24, 2.45) is 11.7 Å². The smallest absolute Gasteiger partial charge is 0.0588 e. The van der Waals surface area contributed by atoms with E-state index in [4.69, 9.17) is 5.11 Å². The SMILES string of the molecule is CN1CCC(CCO)CC1.NC=S. The topological polar surface area (TPSA) is 49.5 Å². The first-order valence-electron chi connectivity index (χ1n) is 4.69. The molecular formula is C9H20N2OS. The Hall–Kier alpha value is -0.190. The first-order valence-corrected chi connectivity index (χ1v) is 5.16. The second-order valence-corrected chi connectivity index (χ2v) is 3.67. The van der Waals surface area contributed by atoms with Crippen LogP contribution in [0.25, 0.3) is 0 Å². The average molecular weight is 204 g/mol. The highest BCUT2D eigenvalue weighted by molar-refractivity contribution is 7.78. The van der Waals surface area contributed by atoms with E-state index in [0.29, 0.717) is 6.61 Å². The number of likely N-dealkylation sites (tertiary alicyclic amines) is 1. The molecule has 0 amide bonds. The van der Waals surface area contributed by atoms with E-state index in [1.807, 2.05) is 0 Å². The molecule has 0 aromatic rings. The molecule has 1 fully saturated rings. The minimum atomic E-state index is 0.369. The van der Waals surface area contributed by atoms with Crippen LogP contribution in [0.2, 0.25) is 0 Å². The molecule has 0 aliphatic carbocycles. The van der Waals surface area contributed by atoms with Crippen molar-refractivity contribution in [2.45, 2.75) is 19.3 Å². The highest BCUT2D eigenvalue weighted by Crippen LogP contribution is 2.18. The summed E-state index contributed by atoms with van der Waals surface area (Å²) in [6.45, 7) is 2.80. The lowest BCUT2D eigenvalue weighted by atomic mass is 9.94. The Morgan fingerprint density at radius 1 is 1.54 bits per heavy atom. The highest BCUT2D eigenvalue weighted by Gasteiger charge is 2.15. The van der Waals surface area contributed by atoms with E-state index in [2.05, 4.69) is 29.9 Å². The minimum absolute atomic E-state index is 0.369. The maximum atomic E-state index is 8.67. The van der Waals surface area contributed by atoms with E-state index in [-0.39, 0.29) is 0 Å². The third-order valence-electron chi connectivity index (χ3n) is 2.38. The Kier molecular flexibility index (Phi) is 8.29. The zero-order valence-electron chi connectivity index (χ0n) is 8.28. The van der Waals surface area contributed by atoms with Gasteiger partial charge in [-0.1, -0.05) is 12.2 Å². The van der Waals surface area contributed by atoms with Crippen LogP contribution in [0.1, 0.15) is 19.3 Å². The Morgan fingerprint density at radius 3 is 2.38 bits per heavy atom. The van der Waals surface area contributed by atoms with Crippen LogP contribution in [0.3, 0.4) is 0 Å². The molecule has 0 saturated carbocycles. The Morgan fingerprint density at radius 2 is 2.00 bits per heavy atom. The van der Waals surface area contributed by atoms with Gasteiger partial charge < -0.3 is 15.7 Å². The third-order valence-corrected chi connectivity index (χ3v) is 2.38. The molecule has 1 aliphatic rings. The first-order chi connectivity index (χ1) is 6.24. The Labute approximate surface area is 85.9 Å². The van der Waals surface area contributed by atoms with E-state index in [1.165, 1.54) is 25.9 Å². The van der Waals surface area contributed by atoms with E-state index >= 15 is 0 Å². The number of aliphatic hydroxyl groups is 1. The van der Waals surface area contributed by atoms with Gasteiger partial charge in [0.05, 0.1) is 5.49 Å². The molecule has 0 spiro atoms. The number of rotatable bonds is 2. The Balaban J connectivity index is 0.000000424. The maximum Gasteiger partial charge on any atom is 0.0588 e. The van der Waals surface area contributed by atoms with Crippen LogP contribution in [0, 0.1) is 5.92 Å². The van der Waals surface area contributed by atoms with Crippen LogP contribution in [-0.2, 0) is 0 Å². The van der Waals surface area contributed by atoms with Crippen molar-refractivity contribution in [3.05, 3.63) is 0 Å². The quantitative estimate of drug-likeness (QED) is 0.647. The summed E-state index contributed by atoms with van der Waals surface area (Å²) in [5, 5.41) is 8.67. The molecule has 0 bridgehead atoms. The van der Waals surface area contributed by atoms with Crippen molar-refractivity contribution in [1.29, 1.82) is 0 Å². The number of aliphatic hydroxyl groups excluding tert-OH is 1. The lowest BCUT2D eigenvalue weighted by Gasteiger charge is -2.28. The van der Waals surface area contributed by atoms with Gasteiger partial charge in [-0.15, -0.1) is 0 Å². The largest absolute Gasteiger partial charge is 0.396 e. The fourth-order valence-electron chi connectivity index (χ4n) is 1.53.